The number of carbonyl (C=O) groups is 1. The molecule has 34 heavy (non-hydrogen) atoms. The largest absolute Gasteiger partial charge is 0.380 e. The Morgan fingerprint density at radius 3 is 2.74 bits per heavy atom. The minimum atomic E-state index is 0.0953. The maximum Gasteiger partial charge on any atom is 0.166 e. The summed E-state index contributed by atoms with van der Waals surface area (Å²) >= 11 is 0. The summed E-state index contributed by atoms with van der Waals surface area (Å²) in [6, 6.07) is 16.4. The smallest absolute Gasteiger partial charge is 0.166 e. The minimum Gasteiger partial charge on any atom is -0.380 e. The van der Waals surface area contributed by atoms with Gasteiger partial charge in [0.25, 0.3) is 0 Å². The molecule has 4 heterocycles. The Kier molecular flexibility index (Phi) is 6.46. The Bertz CT molecular complexity index is 1420. The SMILES string of the molecule is NCCOCCCCC(=O)c1cnn2ccc(-c3c[nH]c4ncc(-c5ccccc5)cc34)cc12. The van der Waals surface area contributed by atoms with Gasteiger partial charge in [0.1, 0.15) is 5.65 Å². The molecule has 5 aromatic rings. The molecule has 5 rings (SSSR count). The van der Waals surface area contributed by atoms with E-state index in [0.717, 1.165) is 51.6 Å². The summed E-state index contributed by atoms with van der Waals surface area (Å²) in [6.07, 6.45) is 9.49. The number of nitrogens with zero attached hydrogens (tertiary/aromatic N) is 3. The Hall–Kier alpha value is -3.81. The van der Waals surface area contributed by atoms with Gasteiger partial charge in [-0.05, 0) is 42.2 Å². The summed E-state index contributed by atoms with van der Waals surface area (Å²) in [4.78, 5) is 20.8. The van der Waals surface area contributed by atoms with Gasteiger partial charge in [0.05, 0.1) is 23.9 Å². The highest BCUT2D eigenvalue weighted by Gasteiger charge is 2.15. The first-order chi connectivity index (χ1) is 16.7. The number of pyridine rings is 2. The third-order valence-corrected chi connectivity index (χ3v) is 5.98. The number of hydrogen-bond acceptors (Lipinski definition) is 5. The Balaban J connectivity index is 1.42. The van der Waals surface area contributed by atoms with Gasteiger partial charge < -0.3 is 15.5 Å². The lowest BCUT2D eigenvalue weighted by Crippen LogP contribution is -2.09. The molecule has 0 saturated carbocycles. The molecule has 0 aliphatic rings. The van der Waals surface area contributed by atoms with Crippen LogP contribution in [0.4, 0.5) is 0 Å². The number of ether oxygens (including phenoxy) is 1. The molecule has 0 aliphatic carbocycles. The number of Topliss-reactive ketones (excluding diaryl/α,β-unsaturated/α-hetero) is 1. The van der Waals surface area contributed by atoms with Crippen molar-refractivity contribution in [3.63, 3.8) is 0 Å². The molecule has 3 N–H and O–H groups in total. The lowest BCUT2D eigenvalue weighted by atomic mass is 10.0. The van der Waals surface area contributed by atoms with E-state index in [0.29, 0.717) is 31.7 Å². The number of hydrogen-bond donors (Lipinski definition) is 2. The molecule has 4 aromatic heterocycles. The molecular formula is C27H27N5O2. The van der Waals surface area contributed by atoms with Gasteiger partial charge in [-0.15, -0.1) is 0 Å². The first-order valence-corrected chi connectivity index (χ1v) is 11.6. The van der Waals surface area contributed by atoms with E-state index in [9.17, 15) is 4.79 Å². The molecular weight excluding hydrogens is 426 g/mol. The molecule has 0 fully saturated rings. The summed E-state index contributed by atoms with van der Waals surface area (Å²) in [7, 11) is 0. The topological polar surface area (TPSA) is 98.3 Å². The Labute approximate surface area is 197 Å². The molecule has 0 spiro atoms. The summed E-state index contributed by atoms with van der Waals surface area (Å²) in [5.41, 5.74) is 11.9. The van der Waals surface area contributed by atoms with E-state index in [4.69, 9.17) is 10.5 Å². The van der Waals surface area contributed by atoms with Gasteiger partial charge in [-0.25, -0.2) is 9.50 Å². The highest BCUT2D eigenvalue weighted by atomic mass is 16.5. The van der Waals surface area contributed by atoms with E-state index in [1.165, 1.54) is 0 Å². The maximum atomic E-state index is 12.9. The molecule has 0 saturated heterocycles. The molecule has 0 atom stereocenters. The van der Waals surface area contributed by atoms with Crippen LogP contribution in [0.25, 0.3) is 38.8 Å². The predicted molar refractivity (Wildman–Crippen MR) is 134 cm³/mol. The molecule has 7 heteroatoms. The molecule has 0 amide bonds. The van der Waals surface area contributed by atoms with E-state index in [1.54, 1.807) is 10.7 Å². The molecule has 172 valence electrons. The fraction of sp³-hybridized carbons (Fsp3) is 0.222. The number of fused-ring (bicyclic) bond motifs is 2. The average molecular weight is 454 g/mol. The second kappa shape index (κ2) is 9.99. The normalized spacial score (nSPS) is 11.4. The molecule has 7 nitrogen and oxygen atoms in total. The van der Waals surface area contributed by atoms with Crippen LogP contribution in [-0.2, 0) is 4.74 Å². The lowest BCUT2D eigenvalue weighted by Gasteiger charge is -2.05. The van der Waals surface area contributed by atoms with Crippen molar-refractivity contribution in [3.8, 4) is 22.3 Å². The van der Waals surface area contributed by atoms with Crippen LogP contribution in [0.15, 0.2) is 73.3 Å². The number of nitrogens with one attached hydrogen (secondary N) is 1. The standard InChI is InChI=1S/C27H27N5O2/c28-10-13-34-12-5-4-8-26(33)24-18-31-32-11-9-20(15-25(24)32)23-17-30-27-22(23)14-21(16-29-27)19-6-2-1-3-7-19/h1-3,6-7,9,11,14-18H,4-5,8,10,12-13,28H2,(H,29,30). The summed E-state index contributed by atoms with van der Waals surface area (Å²) in [6.45, 7) is 1.70. The van der Waals surface area contributed by atoms with E-state index in [-0.39, 0.29) is 5.78 Å². The van der Waals surface area contributed by atoms with E-state index < -0.39 is 0 Å². The highest BCUT2D eigenvalue weighted by molar-refractivity contribution is 6.03. The zero-order chi connectivity index (χ0) is 23.3. The highest BCUT2D eigenvalue weighted by Crippen LogP contribution is 2.32. The third kappa shape index (κ3) is 4.48. The quantitative estimate of drug-likeness (QED) is 0.232. The van der Waals surface area contributed by atoms with E-state index in [2.05, 4.69) is 33.3 Å². The summed E-state index contributed by atoms with van der Waals surface area (Å²) < 4.78 is 7.15. The van der Waals surface area contributed by atoms with Crippen LogP contribution in [0.2, 0.25) is 0 Å². The number of ketones is 1. The minimum absolute atomic E-state index is 0.0953. The average Bonchev–Trinajstić information content (AvgIpc) is 3.50. The van der Waals surface area contributed by atoms with Crippen molar-refractivity contribution in [1.29, 1.82) is 0 Å². The van der Waals surface area contributed by atoms with Crippen LogP contribution in [-0.4, -0.2) is 45.1 Å². The molecule has 0 unspecified atom stereocenters. The number of nitrogens with two attached hydrogens (primary N) is 1. The van der Waals surface area contributed by atoms with Crippen molar-refractivity contribution in [2.75, 3.05) is 19.8 Å². The maximum absolute atomic E-state index is 12.9. The number of aromatic amines is 1. The number of rotatable bonds is 10. The van der Waals surface area contributed by atoms with Gasteiger partial charge in [0.15, 0.2) is 5.78 Å². The first kappa shape index (κ1) is 22.0. The van der Waals surface area contributed by atoms with Crippen LogP contribution in [0.5, 0.6) is 0 Å². The number of carbonyl (C=O) groups excluding carboxylic acids is 1. The number of H-pyrrole nitrogens is 1. The van der Waals surface area contributed by atoms with Crippen LogP contribution >= 0.6 is 0 Å². The lowest BCUT2D eigenvalue weighted by molar-refractivity contribution is 0.0970. The fourth-order valence-electron chi connectivity index (χ4n) is 4.20. The zero-order valence-corrected chi connectivity index (χ0v) is 18.9. The van der Waals surface area contributed by atoms with Crippen LogP contribution in [0.1, 0.15) is 29.6 Å². The number of unbranched alkanes of at least 4 members (excludes halogenated alkanes) is 1. The van der Waals surface area contributed by atoms with Crippen LogP contribution < -0.4 is 5.73 Å². The van der Waals surface area contributed by atoms with Crippen molar-refractivity contribution in [2.45, 2.75) is 19.3 Å². The van der Waals surface area contributed by atoms with Crippen molar-refractivity contribution < 1.29 is 9.53 Å². The predicted octanol–water partition coefficient (Wildman–Crippen LogP) is 4.87. The monoisotopic (exact) mass is 453 g/mol. The van der Waals surface area contributed by atoms with Crippen molar-refractivity contribution in [2.24, 2.45) is 5.73 Å². The van der Waals surface area contributed by atoms with Gasteiger partial charge in [0, 0.05) is 54.7 Å². The number of benzene rings is 1. The van der Waals surface area contributed by atoms with Crippen molar-refractivity contribution >= 4 is 22.3 Å². The molecule has 0 bridgehead atoms. The molecule has 0 radical (unpaired) electrons. The van der Waals surface area contributed by atoms with E-state index >= 15 is 0 Å². The van der Waals surface area contributed by atoms with Crippen molar-refractivity contribution in [1.82, 2.24) is 19.6 Å². The Morgan fingerprint density at radius 1 is 1.00 bits per heavy atom. The summed E-state index contributed by atoms with van der Waals surface area (Å²) in [5.74, 6) is 0.0953. The van der Waals surface area contributed by atoms with Crippen LogP contribution in [0, 0.1) is 0 Å². The van der Waals surface area contributed by atoms with Gasteiger partial charge in [0.2, 0.25) is 0 Å². The molecule has 0 aliphatic heterocycles. The van der Waals surface area contributed by atoms with E-state index in [1.807, 2.05) is 48.9 Å². The van der Waals surface area contributed by atoms with Gasteiger partial charge in [-0.3, -0.25) is 4.79 Å². The first-order valence-electron chi connectivity index (χ1n) is 11.6. The van der Waals surface area contributed by atoms with Crippen LogP contribution in [0.3, 0.4) is 0 Å². The fourth-order valence-corrected chi connectivity index (χ4v) is 4.20. The third-order valence-electron chi connectivity index (χ3n) is 5.98. The van der Waals surface area contributed by atoms with Gasteiger partial charge in [-0.2, -0.15) is 5.10 Å². The molecule has 1 aromatic carbocycles. The van der Waals surface area contributed by atoms with Gasteiger partial charge >= 0.3 is 0 Å². The zero-order valence-electron chi connectivity index (χ0n) is 18.9. The van der Waals surface area contributed by atoms with Crippen molar-refractivity contribution in [3.05, 3.63) is 78.9 Å². The van der Waals surface area contributed by atoms with Gasteiger partial charge in [-0.1, -0.05) is 30.3 Å². The summed E-state index contributed by atoms with van der Waals surface area (Å²) in [5, 5.41) is 5.42. The Morgan fingerprint density at radius 2 is 1.88 bits per heavy atom. The second-order valence-electron chi connectivity index (χ2n) is 8.27. The second-order valence-corrected chi connectivity index (χ2v) is 8.27. The number of aromatic nitrogens is 4.